The molecule has 0 fully saturated rings. The molecule has 0 aliphatic rings. The second-order valence-corrected chi connectivity index (χ2v) is 13.9. The summed E-state index contributed by atoms with van der Waals surface area (Å²) >= 11 is 0. The summed E-state index contributed by atoms with van der Waals surface area (Å²) in [6.07, 6.45) is 0. The molecule has 12 aromatic rings. The lowest BCUT2D eigenvalue weighted by Crippen LogP contribution is -1.99. The van der Waals surface area contributed by atoms with Crippen LogP contribution < -0.4 is 0 Å². The summed E-state index contributed by atoms with van der Waals surface area (Å²) in [7, 11) is 0. The van der Waals surface area contributed by atoms with E-state index in [0.717, 1.165) is 11.2 Å². The normalized spacial score (nSPS) is 12.2. The average molecular weight is 660 g/mol. The van der Waals surface area contributed by atoms with Crippen LogP contribution in [0.25, 0.3) is 115 Å². The molecule has 0 N–H and O–H groups in total. The highest BCUT2D eigenvalue weighted by molar-refractivity contribution is 6.29. The first kappa shape index (κ1) is 27.9. The number of furan rings is 1. The molecule has 0 saturated heterocycles. The number of para-hydroxylation sites is 2. The molecule has 0 saturated carbocycles. The van der Waals surface area contributed by atoms with Crippen molar-refractivity contribution in [2.24, 2.45) is 0 Å². The molecule has 0 spiro atoms. The van der Waals surface area contributed by atoms with Crippen LogP contribution >= 0.6 is 0 Å². The molecule has 12 rings (SSSR count). The van der Waals surface area contributed by atoms with Gasteiger partial charge in [-0.1, -0.05) is 140 Å². The van der Waals surface area contributed by atoms with E-state index in [9.17, 15) is 0 Å². The number of hydrogen-bond acceptors (Lipinski definition) is 1. The van der Waals surface area contributed by atoms with E-state index in [2.05, 4.69) is 180 Å². The van der Waals surface area contributed by atoms with Crippen LogP contribution in [0.15, 0.2) is 180 Å². The molecule has 10 aromatic carbocycles. The van der Waals surface area contributed by atoms with Crippen molar-refractivity contribution in [1.29, 1.82) is 0 Å². The van der Waals surface area contributed by atoms with Crippen LogP contribution in [0.2, 0.25) is 0 Å². The summed E-state index contributed by atoms with van der Waals surface area (Å²) in [5.74, 6) is 0. The Morgan fingerprint density at radius 1 is 0.308 bits per heavy atom. The van der Waals surface area contributed by atoms with Crippen molar-refractivity contribution in [3.8, 4) is 27.9 Å². The predicted molar refractivity (Wildman–Crippen MR) is 220 cm³/mol. The van der Waals surface area contributed by atoms with Crippen LogP contribution in [0.5, 0.6) is 0 Å². The largest absolute Gasteiger partial charge is 0.456 e. The van der Waals surface area contributed by atoms with Crippen LogP contribution in [0.4, 0.5) is 0 Å². The average Bonchev–Trinajstić information content (AvgIpc) is 3.76. The number of nitrogens with zero attached hydrogens (tertiary/aromatic N) is 1. The minimum Gasteiger partial charge on any atom is -0.456 e. The zero-order valence-electron chi connectivity index (χ0n) is 28.1. The molecule has 0 amide bonds. The van der Waals surface area contributed by atoms with Crippen LogP contribution in [0, 0.1) is 0 Å². The SMILES string of the molecule is c1ccc(-n2c3ccccc3c3c4ccccc4ccc32)c(-c2c3ccccc3c(-c3ccc4oc5cccc6ccc3c4c65)c3ccccc23)c1. The van der Waals surface area contributed by atoms with Crippen molar-refractivity contribution < 1.29 is 4.42 Å². The molecule has 2 nitrogen and oxygen atoms in total. The first-order valence-electron chi connectivity index (χ1n) is 17.9. The fourth-order valence-electron chi connectivity index (χ4n) is 9.25. The second kappa shape index (κ2) is 10.3. The fraction of sp³-hybridized carbons (Fsp3) is 0. The monoisotopic (exact) mass is 659 g/mol. The highest BCUT2D eigenvalue weighted by Gasteiger charge is 2.23. The molecule has 0 aliphatic heterocycles. The van der Waals surface area contributed by atoms with Gasteiger partial charge in [0.1, 0.15) is 11.2 Å². The maximum atomic E-state index is 6.39. The van der Waals surface area contributed by atoms with Gasteiger partial charge in [0.25, 0.3) is 0 Å². The number of fused-ring (bicyclic) bond motifs is 7. The fourth-order valence-corrected chi connectivity index (χ4v) is 9.25. The summed E-state index contributed by atoms with van der Waals surface area (Å²) < 4.78 is 8.87. The summed E-state index contributed by atoms with van der Waals surface area (Å²) in [6, 6.07) is 64.4. The number of rotatable bonds is 3. The van der Waals surface area contributed by atoms with Crippen LogP contribution in [0.3, 0.4) is 0 Å². The van der Waals surface area contributed by atoms with Gasteiger partial charge in [-0.25, -0.2) is 0 Å². The number of hydrogen-bond donors (Lipinski definition) is 0. The van der Waals surface area contributed by atoms with Gasteiger partial charge >= 0.3 is 0 Å². The molecule has 52 heavy (non-hydrogen) atoms. The van der Waals surface area contributed by atoms with Crippen LogP contribution in [-0.2, 0) is 0 Å². The highest BCUT2D eigenvalue weighted by atomic mass is 16.3. The van der Waals surface area contributed by atoms with E-state index in [4.69, 9.17) is 4.42 Å². The maximum absolute atomic E-state index is 6.39. The molecular weight excluding hydrogens is 631 g/mol. The van der Waals surface area contributed by atoms with Crippen LogP contribution in [-0.4, -0.2) is 4.57 Å². The second-order valence-electron chi connectivity index (χ2n) is 13.9. The molecule has 2 heteroatoms. The molecule has 0 atom stereocenters. The Hall–Kier alpha value is -6.90. The molecule has 2 aromatic heterocycles. The first-order chi connectivity index (χ1) is 25.8. The topological polar surface area (TPSA) is 18.1 Å². The Labute approximate surface area is 298 Å². The number of aromatic nitrogens is 1. The van der Waals surface area contributed by atoms with E-state index >= 15 is 0 Å². The zero-order chi connectivity index (χ0) is 33.9. The van der Waals surface area contributed by atoms with Crippen molar-refractivity contribution >= 4 is 86.8 Å². The summed E-state index contributed by atoms with van der Waals surface area (Å²) in [5, 5.41) is 14.9. The van der Waals surface area contributed by atoms with Gasteiger partial charge in [-0.2, -0.15) is 0 Å². The highest BCUT2D eigenvalue weighted by Crippen LogP contribution is 2.49. The lowest BCUT2D eigenvalue weighted by atomic mass is 9.84. The maximum Gasteiger partial charge on any atom is 0.136 e. The van der Waals surface area contributed by atoms with E-state index in [1.165, 1.54) is 104 Å². The Kier molecular flexibility index (Phi) is 5.53. The van der Waals surface area contributed by atoms with Crippen molar-refractivity contribution in [1.82, 2.24) is 4.57 Å². The lowest BCUT2D eigenvalue weighted by molar-refractivity contribution is 0.669. The molecular formula is C50H29NO. The third-order valence-electron chi connectivity index (χ3n) is 11.3. The minimum absolute atomic E-state index is 0.934. The van der Waals surface area contributed by atoms with Crippen molar-refractivity contribution in [2.45, 2.75) is 0 Å². The van der Waals surface area contributed by atoms with Gasteiger partial charge in [-0.05, 0) is 96.2 Å². The Morgan fingerprint density at radius 3 is 1.69 bits per heavy atom. The van der Waals surface area contributed by atoms with Crippen molar-refractivity contribution in [2.75, 3.05) is 0 Å². The van der Waals surface area contributed by atoms with Crippen LogP contribution in [0.1, 0.15) is 0 Å². The van der Waals surface area contributed by atoms with Gasteiger partial charge in [0, 0.05) is 27.1 Å². The molecule has 240 valence electrons. The van der Waals surface area contributed by atoms with Gasteiger partial charge < -0.3 is 8.98 Å². The molecule has 2 heterocycles. The minimum atomic E-state index is 0.934. The summed E-state index contributed by atoms with van der Waals surface area (Å²) in [4.78, 5) is 0. The third kappa shape index (κ3) is 3.63. The lowest BCUT2D eigenvalue weighted by Gasteiger charge is -2.21. The van der Waals surface area contributed by atoms with Crippen molar-refractivity contribution in [3.05, 3.63) is 176 Å². The third-order valence-corrected chi connectivity index (χ3v) is 11.3. The molecule has 0 aliphatic carbocycles. The standard InChI is InChI=1S/C50H29NO/c1-2-14-32-30(12-1)25-28-43-49(32)40-20-8-10-22-42(40)51(43)41-21-9-7-19-39(41)48-35-17-5-3-15-33(35)47(34-16-4-6-18-36(34)48)37-27-29-45-50-38(37)26-24-31-13-11-23-44(52-45)46(31)50/h1-29H. The van der Waals surface area contributed by atoms with E-state index in [-0.39, 0.29) is 0 Å². The van der Waals surface area contributed by atoms with E-state index in [1.54, 1.807) is 0 Å². The van der Waals surface area contributed by atoms with E-state index in [1.807, 2.05) is 0 Å². The Bertz CT molecular complexity index is 3360. The molecule has 0 bridgehead atoms. The smallest absolute Gasteiger partial charge is 0.136 e. The van der Waals surface area contributed by atoms with Gasteiger partial charge in [-0.15, -0.1) is 0 Å². The van der Waals surface area contributed by atoms with Gasteiger partial charge in [0.2, 0.25) is 0 Å². The van der Waals surface area contributed by atoms with Crippen molar-refractivity contribution in [3.63, 3.8) is 0 Å². The number of benzene rings is 10. The Balaban J connectivity index is 1.20. The van der Waals surface area contributed by atoms with Gasteiger partial charge in [-0.3, -0.25) is 0 Å². The van der Waals surface area contributed by atoms with Gasteiger partial charge in [0.15, 0.2) is 0 Å². The molecule has 0 unspecified atom stereocenters. The first-order valence-corrected chi connectivity index (χ1v) is 17.9. The Morgan fingerprint density at radius 2 is 0.904 bits per heavy atom. The van der Waals surface area contributed by atoms with E-state index in [0.29, 0.717) is 0 Å². The zero-order valence-corrected chi connectivity index (χ0v) is 28.1. The quantitative estimate of drug-likeness (QED) is 0.136. The van der Waals surface area contributed by atoms with E-state index < -0.39 is 0 Å². The summed E-state index contributed by atoms with van der Waals surface area (Å²) in [6.45, 7) is 0. The van der Waals surface area contributed by atoms with Gasteiger partial charge in [0.05, 0.1) is 16.7 Å². The predicted octanol–water partition coefficient (Wildman–Crippen LogP) is 14.1. The summed E-state index contributed by atoms with van der Waals surface area (Å²) in [5.41, 5.74) is 10.4. The molecule has 0 radical (unpaired) electrons.